The fourth-order valence-corrected chi connectivity index (χ4v) is 1.74. The maximum absolute atomic E-state index is 11.7. The van der Waals surface area contributed by atoms with Gasteiger partial charge in [0.25, 0.3) is 0 Å². The summed E-state index contributed by atoms with van der Waals surface area (Å²) >= 11 is 0. The summed E-state index contributed by atoms with van der Waals surface area (Å²) in [6.45, 7) is 4.06. The lowest BCUT2D eigenvalue weighted by atomic mass is 10.0. The van der Waals surface area contributed by atoms with Crippen LogP contribution in [0.25, 0.3) is 0 Å². The Labute approximate surface area is 118 Å². The van der Waals surface area contributed by atoms with Crippen molar-refractivity contribution in [1.82, 2.24) is 5.32 Å². The molecule has 0 unspecified atom stereocenters. The summed E-state index contributed by atoms with van der Waals surface area (Å²) in [5.41, 5.74) is 0. The quantitative estimate of drug-likeness (QED) is 0.764. The maximum Gasteiger partial charge on any atom is 0.326 e. The maximum atomic E-state index is 11.7. The molecule has 0 saturated heterocycles. The number of ether oxygens (including phenoxy) is 1. The van der Waals surface area contributed by atoms with E-state index >= 15 is 0 Å². The molecule has 20 heavy (non-hydrogen) atoms. The summed E-state index contributed by atoms with van der Waals surface area (Å²) in [7, 11) is 0. The number of hydrogen-bond donors (Lipinski definition) is 2. The van der Waals surface area contributed by atoms with Gasteiger partial charge in [0.05, 0.1) is 13.0 Å². The molecule has 1 rings (SSSR count). The fourth-order valence-electron chi connectivity index (χ4n) is 1.74. The summed E-state index contributed by atoms with van der Waals surface area (Å²) in [4.78, 5) is 22.7. The van der Waals surface area contributed by atoms with Gasteiger partial charge in [0.1, 0.15) is 11.8 Å². The number of rotatable bonds is 8. The number of hydrogen-bond acceptors (Lipinski definition) is 3. The summed E-state index contributed by atoms with van der Waals surface area (Å²) in [6, 6.07) is 8.34. The molecule has 0 aromatic heterocycles. The predicted octanol–water partition coefficient (Wildman–Crippen LogP) is 2.07. The number of carboxylic acids is 1. The topological polar surface area (TPSA) is 75.6 Å². The third-order valence-corrected chi connectivity index (χ3v) is 2.68. The molecule has 0 bridgehead atoms. The Kier molecular flexibility index (Phi) is 6.56. The third kappa shape index (κ3) is 6.22. The second kappa shape index (κ2) is 8.19. The molecule has 5 nitrogen and oxygen atoms in total. The molecule has 1 aromatic rings. The van der Waals surface area contributed by atoms with Crippen LogP contribution in [0.4, 0.5) is 0 Å². The number of carbonyl (C=O) groups is 2. The SMILES string of the molecule is CC(C)C[C@@H](NC(=O)CCOc1ccccc1)C(=O)O. The van der Waals surface area contributed by atoms with Gasteiger partial charge in [-0.15, -0.1) is 0 Å². The second-order valence-corrected chi connectivity index (χ2v) is 5.00. The summed E-state index contributed by atoms with van der Waals surface area (Å²) in [5, 5.41) is 11.5. The Hall–Kier alpha value is -2.04. The molecule has 1 amide bonds. The van der Waals surface area contributed by atoms with Crippen LogP contribution in [0, 0.1) is 5.92 Å². The molecule has 5 heteroatoms. The third-order valence-electron chi connectivity index (χ3n) is 2.68. The number of benzene rings is 1. The first-order chi connectivity index (χ1) is 9.49. The Balaban J connectivity index is 2.33. The fraction of sp³-hybridized carbons (Fsp3) is 0.467. The van der Waals surface area contributed by atoms with Crippen molar-refractivity contribution in [2.24, 2.45) is 5.92 Å². The Morgan fingerprint density at radius 3 is 2.45 bits per heavy atom. The normalized spacial score (nSPS) is 11.9. The van der Waals surface area contributed by atoms with Crippen LogP contribution in [0.2, 0.25) is 0 Å². The van der Waals surface area contributed by atoms with Crippen LogP contribution in [0.5, 0.6) is 5.75 Å². The molecule has 0 fully saturated rings. The van der Waals surface area contributed by atoms with Gasteiger partial charge in [-0.1, -0.05) is 32.0 Å². The first-order valence-electron chi connectivity index (χ1n) is 6.69. The van der Waals surface area contributed by atoms with Crippen LogP contribution < -0.4 is 10.1 Å². The number of aliphatic carboxylic acids is 1. The van der Waals surface area contributed by atoms with E-state index in [9.17, 15) is 9.59 Å². The lowest BCUT2D eigenvalue weighted by Gasteiger charge is -2.16. The van der Waals surface area contributed by atoms with Crippen molar-refractivity contribution >= 4 is 11.9 Å². The molecule has 0 aliphatic carbocycles. The summed E-state index contributed by atoms with van der Waals surface area (Å²) in [5.74, 6) is -0.417. The lowest BCUT2D eigenvalue weighted by molar-refractivity contribution is -0.142. The number of para-hydroxylation sites is 1. The first kappa shape index (κ1) is 16.0. The number of nitrogens with one attached hydrogen (secondary N) is 1. The van der Waals surface area contributed by atoms with Gasteiger partial charge >= 0.3 is 5.97 Å². The molecule has 0 saturated carbocycles. The monoisotopic (exact) mass is 279 g/mol. The minimum atomic E-state index is -1.00. The van der Waals surface area contributed by atoms with Crippen LogP contribution in [0.15, 0.2) is 30.3 Å². The first-order valence-corrected chi connectivity index (χ1v) is 6.69. The number of carbonyl (C=O) groups excluding carboxylic acids is 1. The van der Waals surface area contributed by atoms with Crippen molar-refractivity contribution in [2.75, 3.05) is 6.61 Å². The van der Waals surface area contributed by atoms with Crippen molar-refractivity contribution in [3.05, 3.63) is 30.3 Å². The van der Waals surface area contributed by atoms with Crippen LogP contribution in [0.1, 0.15) is 26.7 Å². The van der Waals surface area contributed by atoms with E-state index in [1.807, 2.05) is 32.0 Å². The highest BCUT2D eigenvalue weighted by molar-refractivity contribution is 5.83. The number of amides is 1. The van der Waals surface area contributed by atoms with E-state index in [0.29, 0.717) is 12.2 Å². The van der Waals surface area contributed by atoms with Gasteiger partial charge in [-0.2, -0.15) is 0 Å². The molecule has 1 atom stereocenters. The molecule has 0 spiro atoms. The average molecular weight is 279 g/mol. The van der Waals surface area contributed by atoms with Crippen molar-refractivity contribution in [3.8, 4) is 5.75 Å². The van der Waals surface area contributed by atoms with Crippen LogP contribution >= 0.6 is 0 Å². The van der Waals surface area contributed by atoms with Gasteiger partial charge in [0.2, 0.25) is 5.91 Å². The Bertz CT molecular complexity index is 431. The number of carboxylic acid groups (broad SMARTS) is 1. The zero-order valence-electron chi connectivity index (χ0n) is 11.8. The highest BCUT2D eigenvalue weighted by Gasteiger charge is 2.20. The van der Waals surface area contributed by atoms with E-state index in [2.05, 4.69) is 5.32 Å². The van der Waals surface area contributed by atoms with E-state index in [1.165, 1.54) is 0 Å². The van der Waals surface area contributed by atoms with Crippen LogP contribution in [-0.2, 0) is 9.59 Å². The van der Waals surface area contributed by atoms with E-state index in [1.54, 1.807) is 12.1 Å². The van der Waals surface area contributed by atoms with Crippen LogP contribution in [-0.4, -0.2) is 29.6 Å². The second-order valence-electron chi connectivity index (χ2n) is 5.00. The Morgan fingerprint density at radius 1 is 1.25 bits per heavy atom. The molecule has 1 aromatic carbocycles. The minimum absolute atomic E-state index is 0.136. The summed E-state index contributed by atoms with van der Waals surface area (Å²) in [6.07, 6.45) is 0.553. The van der Waals surface area contributed by atoms with Gasteiger partial charge < -0.3 is 15.2 Å². The largest absolute Gasteiger partial charge is 0.493 e. The van der Waals surface area contributed by atoms with Gasteiger partial charge in [-0.3, -0.25) is 4.79 Å². The Morgan fingerprint density at radius 2 is 1.90 bits per heavy atom. The molecule has 2 N–H and O–H groups in total. The molecule has 0 aliphatic rings. The van der Waals surface area contributed by atoms with E-state index in [-0.39, 0.29) is 24.9 Å². The van der Waals surface area contributed by atoms with Crippen molar-refractivity contribution in [1.29, 1.82) is 0 Å². The van der Waals surface area contributed by atoms with Crippen molar-refractivity contribution < 1.29 is 19.4 Å². The minimum Gasteiger partial charge on any atom is -0.493 e. The van der Waals surface area contributed by atoms with E-state index < -0.39 is 12.0 Å². The van der Waals surface area contributed by atoms with Gasteiger partial charge in [0.15, 0.2) is 0 Å². The van der Waals surface area contributed by atoms with Crippen molar-refractivity contribution in [2.45, 2.75) is 32.7 Å². The zero-order chi connectivity index (χ0) is 15.0. The smallest absolute Gasteiger partial charge is 0.326 e. The molecule has 0 radical (unpaired) electrons. The molecule has 0 heterocycles. The van der Waals surface area contributed by atoms with E-state index in [4.69, 9.17) is 9.84 Å². The average Bonchev–Trinajstić information content (AvgIpc) is 2.38. The standard InChI is InChI=1S/C15H21NO4/c1-11(2)10-13(15(18)19)16-14(17)8-9-20-12-6-4-3-5-7-12/h3-7,11,13H,8-10H2,1-2H3,(H,16,17)(H,18,19)/t13-/m1/s1. The van der Waals surface area contributed by atoms with Crippen LogP contribution in [0.3, 0.4) is 0 Å². The van der Waals surface area contributed by atoms with Crippen molar-refractivity contribution in [3.63, 3.8) is 0 Å². The lowest BCUT2D eigenvalue weighted by Crippen LogP contribution is -2.42. The molecule has 0 aliphatic heterocycles. The van der Waals surface area contributed by atoms with Gasteiger partial charge in [-0.25, -0.2) is 4.79 Å². The molecular formula is C15H21NO4. The van der Waals surface area contributed by atoms with E-state index in [0.717, 1.165) is 0 Å². The molecule has 110 valence electrons. The van der Waals surface area contributed by atoms with Gasteiger partial charge in [-0.05, 0) is 24.5 Å². The highest BCUT2D eigenvalue weighted by Crippen LogP contribution is 2.09. The molecular weight excluding hydrogens is 258 g/mol. The predicted molar refractivity (Wildman–Crippen MR) is 75.6 cm³/mol. The summed E-state index contributed by atoms with van der Waals surface area (Å²) < 4.78 is 5.39. The highest BCUT2D eigenvalue weighted by atomic mass is 16.5. The van der Waals surface area contributed by atoms with Gasteiger partial charge in [0, 0.05) is 0 Å². The zero-order valence-corrected chi connectivity index (χ0v) is 11.8.